The molecule has 4 nitrogen and oxygen atoms in total. The normalized spacial score (nSPS) is 10.5. The highest BCUT2D eigenvalue weighted by Gasteiger charge is 2.11. The SMILES string of the molecule is Cc1nn(-c2cccc(C(N)=S)n2)c(C)c1Br. The molecule has 0 unspecified atom stereocenters. The largest absolute Gasteiger partial charge is 0.388 e. The third-order valence-corrected chi connectivity index (χ3v) is 3.76. The number of hydrogen-bond acceptors (Lipinski definition) is 3. The number of halogens is 1. The molecule has 6 heteroatoms. The summed E-state index contributed by atoms with van der Waals surface area (Å²) in [5.74, 6) is 0.710. The molecule has 2 aromatic rings. The number of pyridine rings is 1. The van der Waals surface area contributed by atoms with Crippen LogP contribution in [-0.4, -0.2) is 19.8 Å². The minimum atomic E-state index is 0.285. The summed E-state index contributed by atoms with van der Waals surface area (Å²) < 4.78 is 2.75. The second-order valence-corrected chi connectivity index (χ2v) is 4.87. The average molecular weight is 311 g/mol. The predicted octanol–water partition coefficient (Wildman–Crippen LogP) is 2.28. The Balaban J connectivity index is 2.56. The summed E-state index contributed by atoms with van der Waals surface area (Å²) in [5, 5.41) is 4.40. The van der Waals surface area contributed by atoms with Gasteiger partial charge in [0.2, 0.25) is 0 Å². The van der Waals surface area contributed by atoms with Crippen molar-refractivity contribution in [1.82, 2.24) is 14.8 Å². The first-order valence-electron chi connectivity index (χ1n) is 4.99. The van der Waals surface area contributed by atoms with Crippen LogP contribution >= 0.6 is 28.1 Å². The molecule has 0 radical (unpaired) electrons. The Kier molecular flexibility index (Phi) is 3.26. The standard InChI is InChI=1S/C11H11BrN4S/c1-6-10(12)7(2)16(15-6)9-5-3-4-8(14-9)11(13)17/h3-5H,1-2H3,(H2,13,17). The highest BCUT2D eigenvalue weighted by molar-refractivity contribution is 9.10. The number of nitrogens with zero attached hydrogens (tertiary/aromatic N) is 3. The second kappa shape index (κ2) is 4.54. The zero-order chi connectivity index (χ0) is 12.6. The molecule has 0 saturated carbocycles. The Hall–Kier alpha value is -1.27. The molecule has 0 fully saturated rings. The Labute approximate surface area is 113 Å². The molecule has 0 aliphatic rings. The number of aromatic nitrogens is 3. The average Bonchev–Trinajstić information content (AvgIpc) is 2.57. The quantitative estimate of drug-likeness (QED) is 0.865. The van der Waals surface area contributed by atoms with Gasteiger partial charge in [0.25, 0.3) is 0 Å². The van der Waals surface area contributed by atoms with Gasteiger partial charge in [0.1, 0.15) is 4.99 Å². The maximum atomic E-state index is 5.56. The lowest BCUT2D eigenvalue weighted by atomic mass is 10.3. The third kappa shape index (κ3) is 2.23. The Morgan fingerprint density at radius 2 is 2.12 bits per heavy atom. The zero-order valence-corrected chi connectivity index (χ0v) is 11.8. The lowest BCUT2D eigenvalue weighted by molar-refractivity contribution is 0.805. The first-order chi connectivity index (χ1) is 8.00. The van der Waals surface area contributed by atoms with Crippen LogP contribution in [0.25, 0.3) is 5.82 Å². The van der Waals surface area contributed by atoms with Crippen molar-refractivity contribution in [2.24, 2.45) is 5.73 Å². The summed E-state index contributed by atoms with van der Waals surface area (Å²) >= 11 is 8.39. The van der Waals surface area contributed by atoms with E-state index in [2.05, 4.69) is 26.0 Å². The van der Waals surface area contributed by atoms with Gasteiger partial charge in [-0.2, -0.15) is 5.10 Å². The van der Waals surface area contributed by atoms with E-state index in [1.165, 1.54) is 0 Å². The lowest BCUT2D eigenvalue weighted by Gasteiger charge is -2.05. The van der Waals surface area contributed by atoms with E-state index in [-0.39, 0.29) is 4.99 Å². The van der Waals surface area contributed by atoms with Crippen molar-refractivity contribution in [2.45, 2.75) is 13.8 Å². The van der Waals surface area contributed by atoms with Gasteiger partial charge >= 0.3 is 0 Å². The molecule has 2 rings (SSSR count). The minimum absolute atomic E-state index is 0.285. The number of rotatable bonds is 2. The Morgan fingerprint density at radius 1 is 1.41 bits per heavy atom. The molecular weight excluding hydrogens is 300 g/mol. The van der Waals surface area contributed by atoms with Gasteiger partial charge in [0, 0.05) is 0 Å². The molecule has 0 amide bonds. The molecule has 2 heterocycles. The van der Waals surface area contributed by atoms with Gasteiger partial charge in [-0.25, -0.2) is 9.67 Å². The molecule has 0 aliphatic carbocycles. The second-order valence-electron chi connectivity index (χ2n) is 3.64. The first kappa shape index (κ1) is 12.2. The molecule has 0 atom stereocenters. The summed E-state index contributed by atoms with van der Waals surface area (Å²) in [5.41, 5.74) is 8.08. The molecule has 0 aromatic carbocycles. The van der Waals surface area contributed by atoms with Gasteiger partial charge in [-0.05, 0) is 41.9 Å². The van der Waals surface area contributed by atoms with Crippen LogP contribution in [0.1, 0.15) is 17.1 Å². The van der Waals surface area contributed by atoms with Crippen LogP contribution in [0, 0.1) is 13.8 Å². The van der Waals surface area contributed by atoms with E-state index >= 15 is 0 Å². The van der Waals surface area contributed by atoms with Crippen LogP contribution in [0.2, 0.25) is 0 Å². The summed E-state index contributed by atoms with van der Waals surface area (Å²) in [6.07, 6.45) is 0. The van der Waals surface area contributed by atoms with Gasteiger partial charge in [0.05, 0.1) is 21.6 Å². The van der Waals surface area contributed by atoms with Gasteiger partial charge in [-0.15, -0.1) is 0 Å². The summed E-state index contributed by atoms with van der Waals surface area (Å²) in [6.45, 7) is 3.91. The van der Waals surface area contributed by atoms with E-state index in [9.17, 15) is 0 Å². The lowest BCUT2D eigenvalue weighted by Crippen LogP contribution is -2.13. The minimum Gasteiger partial charge on any atom is -0.388 e. The molecule has 0 spiro atoms. The van der Waals surface area contributed by atoms with Crippen LogP contribution in [0.3, 0.4) is 0 Å². The van der Waals surface area contributed by atoms with Crippen LogP contribution < -0.4 is 5.73 Å². The van der Waals surface area contributed by atoms with Gasteiger partial charge in [0.15, 0.2) is 5.82 Å². The monoisotopic (exact) mass is 310 g/mol. The van der Waals surface area contributed by atoms with Crippen LogP contribution in [0.15, 0.2) is 22.7 Å². The molecule has 0 bridgehead atoms. The molecule has 2 aromatic heterocycles. The van der Waals surface area contributed by atoms with E-state index in [4.69, 9.17) is 18.0 Å². The number of hydrogen-bond donors (Lipinski definition) is 1. The topological polar surface area (TPSA) is 56.7 Å². The van der Waals surface area contributed by atoms with Crippen molar-refractivity contribution < 1.29 is 0 Å². The molecule has 88 valence electrons. The van der Waals surface area contributed by atoms with E-state index in [1.807, 2.05) is 26.0 Å². The van der Waals surface area contributed by atoms with Crippen molar-refractivity contribution >= 4 is 33.1 Å². The molecule has 2 N–H and O–H groups in total. The van der Waals surface area contributed by atoms with Crippen molar-refractivity contribution in [3.8, 4) is 5.82 Å². The van der Waals surface area contributed by atoms with Crippen molar-refractivity contribution in [3.63, 3.8) is 0 Å². The van der Waals surface area contributed by atoms with Gasteiger partial charge in [-0.1, -0.05) is 18.3 Å². The van der Waals surface area contributed by atoms with Crippen molar-refractivity contribution in [1.29, 1.82) is 0 Å². The van der Waals surface area contributed by atoms with E-state index in [1.54, 1.807) is 10.7 Å². The smallest absolute Gasteiger partial charge is 0.154 e. The fourth-order valence-electron chi connectivity index (χ4n) is 1.53. The van der Waals surface area contributed by atoms with E-state index < -0.39 is 0 Å². The molecule has 0 aliphatic heterocycles. The van der Waals surface area contributed by atoms with Crippen LogP contribution in [0.4, 0.5) is 0 Å². The first-order valence-corrected chi connectivity index (χ1v) is 6.20. The number of nitrogens with two attached hydrogens (primary N) is 1. The van der Waals surface area contributed by atoms with E-state index in [0.717, 1.165) is 15.9 Å². The van der Waals surface area contributed by atoms with Gasteiger partial charge in [-0.3, -0.25) is 0 Å². The zero-order valence-electron chi connectivity index (χ0n) is 9.44. The molecule has 0 saturated heterocycles. The maximum Gasteiger partial charge on any atom is 0.154 e. The molecule has 17 heavy (non-hydrogen) atoms. The molecular formula is C11H11BrN4S. The number of aryl methyl sites for hydroxylation is 1. The van der Waals surface area contributed by atoms with Crippen molar-refractivity contribution in [3.05, 3.63) is 39.8 Å². The predicted molar refractivity (Wildman–Crippen MR) is 74.4 cm³/mol. The van der Waals surface area contributed by atoms with Gasteiger partial charge < -0.3 is 5.73 Å². The fourth-order valence-corrected chi connectivity index (χ4v) is 1.89. The van der Waals surface area contributed by atoms with Crippen LogP contribution in [0.5, 0.6) is 0 Å². The summed E-state index contributed by atoms with van der Waals surface area (Å²) in [7, 11) is 0. The third-order valence-electron chi connectivity index (χ3n) is 2.41. The number of thiocarbonyl (C=S) groups is 1. The van der Waals surface area contributed by atoms with Crippen LogP contribution in [-0.2, 0) is 0 Å². The fraction of sp³-hybridized carbons (Fsp3) is 0.182. The van der Waals surface area contributed by atoms with E-state index in [0.29, 0.717) is 11.5 Å². The maximum absolute atomic E-state index is 5.56. The van der Waals surface area contributed by atoms with Crippen molar-refractivity contribution in [2.75, 3.05) is 0 Å². The highest BCUT2D eigenvalue weighted by atomic mass is 79.9. The highest BCUT2D eigenvalue weighted by Crippen LogP contribution is 2.22. The summed E-state index contributed by atoms with van der Waals surface area (Å²) in [6, 6.07) is 5.52. The Bertz CT molecular complexity index is 591. The Morgan fingerprint density at radius 3 is 2.65 bits per heavy atom. The summed E-state index contributed by atoms with van der Waals surface area (Å²) in [4.78, 5) is 4.66.